The van der Waals surface area contributed by atoms with Crippen LogP contribution in [0.5, 0.6) is 0 Å². The normalized spacial score (nSPS) is 16.2. The van der Waals surface area contributed by atoms with E-state index < -0.39 is 5.91 Å². The first-order chi connectivity index (χ1) is 9.13. The number of hydrogen-bond acceptors (Lipinski definition) is 4. The Balaban J connectivity index is 1.97. The van der Waals surface area contributed by atoms with Gasteiger partial charge in [0.15, 0.2) is 0 Å². The van der Waals surface area contributed by atoms with E-state index in [2.05, 4.69) is 19.9 Å². The Morgan fingerprint density at radius 1 is 1.37 bits per heavy atom. The van der Waals surface area contributed by atoms with Crippen molar-refractivity contribution in [1.29, 1.82) is 0 Å². The molecule has 7 nitrogen and oxygen atoms in total. The quantitative estimate of drug-likeness (QED) is 0.719. The zero-order valence-electron chi connectivity index (χ0n) is 10.4. The third kappa shape index (κ3) is 2.24. The second-order valence-corrected chi connectivity index (χ2v) is 4.82. The summed E-state index contributed by atoms with van der Waals surface area (Å²) in [4.78, 5) is 34.7. The molecule has 3 rings (SSSR count). The van der Waals surface area contributed by atoms with E-state index >= 15 is 0 Å². The van der Waals surface area contributed by atoms with Gasteiger partial charge >= 0.3 is 0 Å². The van der Waals surface area contributed by atoms with Crippen molar-refractivity contribution in [3.63, 3.8) is 0 Å². The van der Waals surface area contributed by atoms with Gasteiger partial charge in [-0.05, 0) is 32.0 Å². The van der Waals surface area contributed by atoms with E-state index in [1.807, 2.05) is 0 Å². The Morgan fingerprint density at radius 2 is 2.11 bits per heavy atom. The zero-order chi connectivity index (χ0) is 13.4. The molecule has 0 radical (unpaired) electrons. The molecule has 0 atom stereocenters. The largest absolute Gasteiger partial charge is 0.363 e. The molecule has 4 N–H and O–H groups in total. The maximum Gasteiger partial charge on any atom is 0.284 e. The maximum atomic E-state index is 11.8. The number of H-pyrrole nitrogens is 2. The van der Waals surface area contributed by atoms with Crippen LogP contribution in [0.3, 0.4) is 0 Å². The van der Waals surface area contributed by atoms with Gasteiger partial charge in [0, 0.05) is 12.2 Å². The molecule has 1 aliphatic heterocycles. The Kier molecular flexibility index (Phi) is 2.83. The molecule has 1 fully saturated rings. The number of carbonyl (C=O) groups excluding carboxylic acids is 1. The van der Waals surface area contributed by atoms with E-state index in [-0.39, 0.29) is 11.4 Å². The third-order valence-corrected chi connectivity index (χ3v) is 3.38. The molecule has 0 spiro atoms. The van der Waals surface area contributed by atoms with Crippen molar-refractivity contribution < 1.29 is 4.79 Å². The number of nitrogens with zero attached hydrogens (tertiary/aromatic N) is 2. The van der Waals surface area contributed by atoms with Crippen molar-refractivity contribution in [1.82, 2.24) is 19.9 Å². The number of primary amides is 1. The molecule has 0 unspecified atom stereocenters. The number of aromatic nitrogens is 3. The molecule has 0 aromatic carbocycles. The van der Waals surface area contributed by atoms with Gasteiger partial charge < -0.3 is 15.7 Å². The van der Waals surface area contributed by atoms with Crippen LogP contribution < -0.4 is 11.3 Å². The second kappa shape index (κ2) is 4.51. The summed E-state index contributed by atoms with van der Waals surface area (Å²) in [6.45, 7) is 2.92. The van der Waals surface area contributed by atoms with Gasteiger partial charge in [-0.25, -0.2) is 4.98 Å². The van der Waals surface area contributed by atoms with E-state index in [0.717, 1.165) is 25.3 Å². The highest BCUT2D eigenvalue weighted by Crippen LogP contribution is 2.14. The number of fused-ring (bicyclic) bond motifs is 1. The minimum absolute atomic E-state index is 0.118. The summed E-state index contributed by atoms with van der Waals surface area (Å²) in [6, 6.07) is 1.78. The van der Waals surface area contributed by atoms with E-state index in [4.69, 9.17) is 5.73 Å². The van der Waals surface area contributed by atoms with Gasteiger partial charge in [-0.1, -0.05) is 0 Å². The topological polar surface area (TPSA) is 108 Å². The van der Waals surface area contributed by atoms with Crippen LogP contribution in [0.4, 0.5) is 0 Å². The lowest BCUT2D eigenvalue weighted by Crippen LogP contribution is -2.20. The summed E-state index contributed by atoms with van der Waals surface area (Å²) < 4.78 is 0. The fourth-order valence-electron chi connectivity index (χ4n) is 2.46. The van der Waals surface area contributed by atoms with Crippen molar-refractivity contribution >= 4 is 16.9 Å². The third-order valence-electron chi connectivity index (χ3n) is 3.38. The molecule has 2 aromatic rings. The average Bonchev–Trinajstić information content (AvgIpc) is 2.98. The Bertz CT molecular complexity index is 681. The molecule has 1 amide bonds. The van der Waals surface area contributed by atoms with Crippen LogP contribution in [-0.2, 0) is 6.54 Å². The first kappa shape index (κ1) is 11.9. The minimum Gasteiger partial charge on any atom is -0.363 e. The first-order valence-corrected chi connectivity index (χ1v) is 6.27. The monoisotopic (exact) mass is 261 g/mol. The van der Waals surface area contributed by atoms with E-state index in [1.165, 1.54) is 12.8 Å². The highest BCUT2D eigenvalue weighted by molar-refractivity contribution is 5.90. The smallest absolute Gasteiger partial charge is 0.284 e. The molecule has 0 aliphatic carbocycles. The van der Waals surface area contributed by atoms with Gasteiger partial charge in [0.2, 0.25) is 5.82 Å². The van der Waals surface area contributed by atoms with E-state index in [1.54, 1.807) is 6.07 Å². The zero-order valence-corrected chi connectivity index (χ0v) is 10.4. The molecule has 1 saturated heterocycles. The predicted molar refractivity (Wildman–Crippen MR) is 69.7 cm³/mol. The lowest BCUT2D eigenvalue weighted by atomic mass is 10.3. The van der Waals surface area contributed by atoms with Crippen LogP contribution in [0.15, 0.2) is 10.9 Å². The van der Waals surface area contributed by atoms with Gasteiger partial charge in [-0.2, -0.15) is 0 Å². The number of likely N-dealkylation sites (tertiary alicyclic amines) is 1. The SMILES string of the molecule is NC(=O)c1nc2[nH]c(CN3CCCC3)cc2c(=O)[nH]1. The number of amides is 1. The van der Waals surface area contributed by atoms with Gasteiger partial charge in [-0.3, -0.25) is 14.5 Å². The molecule has 0 bridgehead atoms. The molecule has 7 heteroatoms. The fourth-order valence-corrected chi connectivity index (χ4v) is 2.46. The van der Waals surface area contributed by atoms with Crippen molar-refractivity contribution in [2.24, 2.45) is 5.73 Å². The molecule has 2 aromatic heterocycles. The molecular weight excluding hydrogens is 246 g/mol. The Morgan fingerprint density at radius 3 is 2.79 bits per heavy atom. The van der Waals surface area contributed by atoms with Gasteiger partial charge in [-0.15, -0.1) is 0 Å². The molecular formula is C12H15N5O2. The summed E-state index contributed by atoms with van der Waals surface area (Å²) in [5.74, 6) is -0.859. The number of carbonyl (C=O) groups is 1. The number of aromatic amines is 2. The minimum atomic E-state index is -0.741. The molecule has 1 aliphatic rings. The molecule has 0 saturated carbocycles. The fraction of sp³-hybridized carbons (Fsp3) is 0.417. The van der Waals surface area contributed by atoms with E-state index in [9.17, 15) is 9.59 Å². The highest BCUT2D eigenvalue weighted by Gasteiger charge is 2.15. The lowest BCUT2D eigenvalue weighted by molar-refractivity contribution is 0.0990. The standard InChI is InChI=1S/C12H15N5O2/c13-9(18)11-15-10-8(12(19)16-11)5-7(14-10)6-17-3-1-2-4-17/h5H,1-4,6H2,(H2,13,18)(H2,14,15,16,19). The van der Waals surface area contributed by atoms with Crippen molar-refractivity contribution in [3.8, 4) is 0 Å². The van der Waals surface area contributed by atoms with Gasteiger partial charge in [0.05, 0.1) is 5.39 Å². The predicted octanol–water partition coefficient (Wildman–Crippen LogP) is -0.0541. The molecule has 100 valence electrons. The Hall–Kier alpha value is -2.15. The number of nitrogens with one attached hydrogen (secondary N) is 2. The van der Waals surface area contributed by atoms with Crippen molar-refractivity contribution in [2.75, 3.05) is 13.1 Å². The molecule has 3 heterocycles. The number of nitrogens with two attached hydrogens (primary N) is 1. The summed E-state index contributed by atoms with van der Waals surface area (Å²) in [5, 5.41) is 0.458. The van der Waals surface area contributed by atoms with Gasteiger partial charge in [0.25, 0.3) is 11.5 Å². The van der Waals surface area contributed by atoms with Crippen LogP contribution in [-0.4, -0.2) is 38.8 Å². The van der Waals surface area contributed by atoms with Crippen molar-refractivity contribution in [2.45, 2.75) is 19.4 Å². The van der Waals surface area contributed by atoms with Crippen LogP contribution in [0.25, 0.3) is 11.0 Å². The van der Waals surface area contributed by atoms with E-state index in [0.29, 0.717) is 11.0 Å². The molecule has 19 heavy (non-hydrogen) atoms. The summed E-state index contributed by atoms with van der Waals surface area (Å²) in [7, 11) is 0. The summed E-state index contributed by atoms with van der Waals surface area (Å²) in [5.41, 5.74) is 6.11. The van der Waals surface area contributed by atoms with Crippen LogP contribution in [0, 0.1) is 0 Å². The number of rotatable bonds is 3. The summed E-state index contributed by atoms with van der Waals surface area (Å²) >= 11 is 0. The maximum absolute atomic E-state index is 11.8. The summed E-state index contributed by atoms with van der Waals surface area (Å²) in [6.07, 6.45) is 2.43. The first-order valence-electron chi connectivity index (χ1n) is 6.27. The Labute approximate surface area is 108 Å². The highest BCUT2D eigenvalue weighted by atomic mass is 16.2. The lowest BCUT2D eigenvalue weighted by Gasteiger charge is -2.12. The van der Waals surface area contributed by atoms with Gasteiger partial charge in [0.1, 0.15) is 5.65 Å². The second-order valence-electron chi connectivity index (χ2n) is 4.82. The van der Waals surface area contributed by atoms with Crippen LogP contribution in [0.1, 0.15) is 29.2 Å². The van der Waals surface area contributed by atoms with Crippen molar-refractivity contribution in [3.05, 3.63) is 27.9 Å². The average molecular weight is 261 g/mol. The van der Waals surface area contributed by atoms with Crippen LogP contribution >= 0.6 is 0 Å². The number of hydrogen-bond donors (Lipinski definition) is 3. The van der Waals surface area contributed by atoms with Crippen LogP contribution in [0.2, 0.25) is 0 Å².